The van der Waals surface area contributed by atoms with Gasteiger partial charge in [-0.3, -0.25) is 14.4 Å². The molecule has 0 saturated heterocycles. The van der Waals surface area contributed by atoms with E-state index in [-0.39, 0.29) is 36.9 Å². The fraction of sp³-hybridized carbons (Fsp3) is 0.531. The molecule has 0 heterocycles. The van der Waals surface area contributed by atoms with Gasteiger partial charge in [-0.1, -0.05) is 75.4 Å². The highest BCUT2D eigenvalue weighted by molar-refractivity contribution is 5.87. The largest absolute Gasteiger partial charge is 0.372 e. The molecule has 1 aromatic rings. The maximum atomic E-state index is 12.0. The van der Waals surface area contributed by atoms with Crippen LogP contribution in [0.2, 0.25) is 0 Å². The second kappa shape index (κ2) is 26.0. The zero-order valence-electron chi connectivity index (χ0n) is 25.9. The second-order valence-corrected chi connectivity index (χ2v) is 9.41. The van der Waals surface area contributed by atoms with E-state index in [1.54, 1.807) is 25.9 Å². The molecule has 0 aromatic heterocycles. The van der Waals surface area contributed by atoms with Crippen molar-refractivity contribution in [2.24, 2.45) is 5.73 Å². The van der Waals surface area contributed by atoms with Crippen molar-refractivity contribution in [1.29, 1.82) is 0 Å². The first-order chi connectivity index (χ1) is 19.1. The molecule has 2 rings (SSSR count). The number of hydrogen-bond acceptors (Lipinski definition) is 5. The number of benzene rings is 1. The van der Waals surface area contributed by atoms with Crippen LogP contribution >= 0.6 is 0 Å². The summed E-state index contributed by atoms with van der Waals surface area (Å²) < 4.78 is 5.74. The van der Waals surface area contributed by atoms with Crippen molar-refractivity contribution in [2.45, 2.75) is 85.5 Å². The van der Waals surface area contributed by atoms with Crippen molar-refractivity contribution in [1.82, 2.24) is 15.5 Å². The number of allylic oxidation sites excluding steroid dienone is 5. The van der Waals surface area contributed by atoms with Crippen molar-refractivity contribution < 1.29 is 19.1 Å². The van der Waals surface area contributed by atoms with Gasteiger partial charge in [0.1, 0.15) is 0 Å². The van der Waals surface area contributed by atoms with Gasteiger partial charge in [0.2, 0.25) is 18.2 Å². The Morgan fingerprint density at radius 2 is 1.68 bits per heavy atom. The first-order valence-corrected chi connectivity index (χ1v) is 14.1. The molecule has 0 spiro atoms. The first kappa shape index (κ1) is 38.9. The summed E-state index contributed by atoms with van der Waals surface area (Å²) in [6, 6.07) is 9.57. The molecule has 0 radical (unpaired) electrons. The molecule has 2 unspecified atom stereocenters. The molecule has 1 aliphatic rings. The van der Waals surface area contributed by atoms with E-state index >= 15 is 0 Å². The third kappa shape index (κ3) is 19.8. The highest BCUT2D eigenvalue weighted by Crippen LogP contribution is 2.25. The lowest BCUT2D eigenvalue weighted by Gasteiger charge is -2.22. The molecule has 2 atom stereocenters. The Morgan fingerprint density at radius 1 is 1.12 bits per heavy atom. The van der Waals surface area contributed by atoms with Gasteiger partial charge in [0.15, 0.2) is 0 Å². The molecular weight excluding hydrogens is 504 g/mol. The fourth-order valence-electron chi connectivity index (χ4n) is 3.51. The Labute approximate surface area is 243 Å². The molecule has 0 fully saturated rings. The van der Waals surface area contributed by atoms with Crippen molar-refractivity contribution in [3.8, 4) is 0 Å². The Hall–Kier alpha value is -3.23. The van der Waals surface area contributed by atoms with Crippen molar-refractivity contribution in [2.75, 3.05) is 27.2 Å². The standard InChI is InChI=1S/C17H27N3O3.C11H16.C3H8.CH3NO/c1-13(23-12-15-8-6-5-7-9-15)11-20(4)16(21)10-19-17(22)14(2)18-3;1-3-7-11-9-6-5-8-10(11)4-2;1-3-2;2-1-3/h5-9,13-14,18H,10-12H2,1-4H3,(H,19,22);3-4,7H,2,5-6,8-9H2,1H3;3H2,1-2H3;1H,(H2,2,3)/b;7-3-;;. The predicted molar refractivity (Wildman–Crippen MR) is 167 cm³/mol. The van der Waals surface area contributed by atoms with E-state index in [1.165, 1.54) is 43.3 Å². The summed E-state index contributed by atoms with van der Waals surface area (Å²) in [7, 11) is 3.41. The SMILES string of the molecule is C=CC1=C(/C=C\C)CCCC1.CCC.CNC(C)C(=O)NCC(=O)N(C)CC(C)OCc1ccccc1.NC=O. The second-order valence-electron chi connectivity index (χ2n) is 9.41. The Balaban J connectivity index is 0. The third-order valence-corrected chi connectivity index (χ3v) is 5.74. The highest BCUT2D eigenvalue weighted by Gasteiger charge is 2.16. The molecule has 4 N–H and O–H groups in total. The predicted octanol–water partition coefficient (Wildman–Crippen LogP) is 4.91. The number of ether oxygens (including phenoxy) is 1. The van der Waals surface area contributed by atoms with E-state index in [0.717, 1.165) is 5.56 Å². The van der Waals surface area contributed by atoms with Crippen LogP contribution in [0.4, 0.5) is 0 Å². The topological polar surface area (TPSA) is 114 Å². The lowest BCUT2D eigenvalue weighted by Crippen LogP contribution is -2.46. The Morgan fingerprint density at radius 3 is 2.17 bits per heavy atom. The van der Waals surface area contributed by atoms with E-state index in [2.05, 4.69) is 55.9 Å². The van der Waals surface area contributed by atoms with E-state index in [0.29, 0.717) is 13.2 Å². The number of rotatable bonds is 11. The van der Waals surface area contributed by atoms with Crippen LogP contribution in [0, 0.1) is 0 Å². The minimum Gasteiger partial charge on any atom is -0.372 e. The van der Waals surface area contributed by atoms with Gasteiger partial charge in [0, 0.05) is 13.6 Å². The molecule has 8 nitrogen and oxygen atoms in total. The number of hydrogen-bond donors (Lipinski definition) is 3. The molecule has 40 heavy (non-hydrogen) atoms. The van der Waals surface area contributed by atoms with Crippen LogP contribution in [0.3, 0.4) is 0 Å². The van der Waals surface area contributed by atoms with Gasteiger partial charge in [-0.05, 0) is 70.2 Å². The fourth-order valence-corrected chi connectivity index (χ4v) is 3.51. The van der Waals surface area contributed by atoms with Gasteiger partial charge in [0.05, 0.1) is 25.3 Å². The Kier molecular flexibility index (Phi) is 25.3. The lowest BCUT2D eigenvalue weighted by molar-refractivity contribution is -0.133. The van der Waals surface area contributed by atoms with Crippen LogP contribution < -0.4 is 16.4 Å². The quantitative estimate of drug-likeness (QED) is 0.334. The van der Waals surface area contributed by atoms with E-state index in [4.69, 9.17) is 9.53 Å². The number of amides is 3. The van der Waals surface area contributed by atoms with Crippen LogP contribution in [0.25, 0.3) is 0 Å². The number of carbonyl (C=O) groups excluding carboxylic acids is 3. The molecule has 8 heteroatoms. The van der Waals surface area contributed by atoms with Crippen molar-refractivity contribution in [3.05, 3.63) is 71.8 Å². The number of nitrogens with one attached hydrogen (secondary N) is 2. The van der Waals surface area contributed by atoms with Crippen LogP contribution in [0.1, 0.15) is 72.3 Å². The zero-order valence-corrected chi connectivity index (χ0v) is 25.9. The summed E-state index contributed by atoms with van der Waals surface area (Å²) in [5.74, 6) is -0.334. The van der Waals surface area contributed by atoms with Crippen LogP contribution in [0.15, 0.2) is 66.3 Å². The van der Waals surface area contributed by atoms with E-state index in [9.17, 15) is 9.59 Å². The number of carbonyl (C=O) groups is 3. The van der Waals surface area contributed by atoms with E-state index in [1.807, 2.05) is 43.3 Å². The molecule has 1 aromatic carbocycles. The van der Waals surface area contributed by atoms with Gasteiger partial charge in [-0.2, -0.15) is 0 Å². The number of nitrogens with two attached hydrogens (primary N) is 1. The van der Waals surface area contributed by atoms with Crippen molar-refractivity contribution in [3.63, 3.8) is 0 Å². The highest BCUT2D eigenvalue weighted by atomic mass is 16.5. The van der Waals surface area contributed by atoms with Gasteiger partial charge in [0.25, 0.3) is 0 Å². The summed E-state index contributed by atoms with van der Waals surface area (Å²) in [4.78, 5) is 33.8. The molecule has 226 valence electrons. The average molecular weight is 559 g/mol. The maximum Gasteiger partial charge on any atom is 0.241 e. The summed E-state index contributed by atoms with van der Waals surface area (Å²) in [5.41, 5.74) is 8.21. The summed E-state index contributed by atoms with van der Waals surface area (Å²) in [5, 5.41) is 5.44. The van der Waals surface area contributed by atoms with Gasteiger partial charge >= 0.3 is 0 Å². The summed E-state index contributed by atoms with van der Waals surface area (Å²) in [6.45, 7) is 14.8. The van der Waals surface area contributed by atoms with Crippen LogP contribution in [-0.2, 0) is 25.7 Å². The molecule has 3 amide bonds. The minimum atomic E-state index is -0.318. The number of primary amides is 1. The average Bonchev–Trinajstić information content (AvgIpc) is 2.96. The molecule has 0 bridgehead atoms. The maximum absolute atomic E-state index is 12.0. The minimum absolute atomic E-state index is 0.00718. The normalized spacial score (nSPS) is 13.7. The Bertz CT molecular complexity index is 884. The van der Waals surface area contributed by atoms with Crippen LogP contribution in [0.5, 0.6) is 0 Å². The third-order valence-electron chi connectivity index (χ3n) is 5.74. The molecule has 0 saturated carbocycles. The first-order valence-electron chi connectivity index (χ1n) is 14.1. The molecule has 1 aliphatic carbocycles. The van der Waals surface area contributed by atoms with E-state index < -0.39 is 0 Å². The van der Waals surface area contributed by atoms with Gasteiger partial charge < -0.3 is 26.0 Å². The van der Waals surface area contributed by atoms with Gasteiger partial charge in [-0.25, -0.2) is 0 Å². The lowest BCUT2D eigenvalue weighted by atomic mass is 9.91. The summed E-state index contributed by atoms with van der Waals surface area (Å²) in [6.07, 6.45) is 12.9. The molecular formula is C32H54N4O4. The number of nitrogens with zero attached hydrogens (tertiary/aromatic N) is 1. The van der Waals surface area contributed by atoms with Gasteiger partial charge in [-0.15, -0.1) is 0 Å². The van der Waals surface area contributed by atoms with Crippen LogP contribution in [-0.4, -0.2) is 62.5 Å². The number of likely N-dealkylation sites (N-methyl/N-ethyl adjacent to an activating group) is 2. The summed E-state index contributed by atoms with van der Waals surface area (Å²) >= 11 is 0. The molecule has 0 aliphatic heterocycles. The monoisotopic (exact) mass is 558 g/mol. The smallest absolute Gasteiger partial charge is 0.241 e. The van der Waals surface area contributed by atoms with Crippen molar-refractivity contribution >= 4 is 18.2 Å². The zero-order chi connectivity index (χ0) is 30.8.